The van der Waals surface area contributed by atoms with Crippen molar-refractivity contribution >= 4 is 27.8 Å². The van der Waals surface area contributed by atoms with Crippen molar-refractivity contribution in [2.45, 2.75) is 38.8 Å². The number of nitrogens with one attached hydrogen (secondary N) is 2. The summed E-state index contributed by atoms with van der Waals surface area (Å²) in [5.41, 5.74) is 2.36. The number of rotatable bonds is 7. The summed E-state index contributed by atoms with van der Waals surface area (Å²) in [4.78, 5) is 32.3. The Hall–Kier alpha value is -3.48. The summed E-state index contributed by atoms with van der Waals surface area (Å²) in [6.45, 7) is 2.20. The van der Waals surface area contributed by atoms with Crippen LogP contribution in [0.2, 0.25) is 0 Å². The lowest BCUT2D eigenvalue weighted by Gasteiger charge is -2.14. The second kappa shape index (κ2) is 8.49. The van der Waals surface area contributed by atoms with Gasteiger partial charge >= 0.3 is 0 Å². The molecule has 4 aromatic rings. The zero-order valence-corrected chi connectivity index (χ0v) is 16.7. The van der Waals surface area contributed by atoms with Crippen LogP contribution in [0.25, 0.3) is 21.9 Å². The maximum absolute atomic E-state index is 13.5. The number of hydrogen-bond donors (Lipinski definition) is 2. The molecule has 1 atom stereocenters. The average molecular weight is 406 g/mol. The number of halogens is 1. The van der Waals surface area contributed by atoms with Gasteiger partial charge in [-0.3, -0.25) is 14.2 Å². The number of aromatic amines is 1. The van der Waals surface area contributed by atoms with Crippen molar-refractivity contribution in [2.75, 3.05) is 0 Å². The zero-order chi connectivity index (χ0) is 21.1. The third-order valence-electron chi connectivity index (χ3n) is 5.23. The molecule has 0 spiro atoms. The smallest absolute Gasteiger partial charge is 0.277 e. The van der Waals surface area contributed by atoms with Crippen molar-refractivity contribution < 1.29 is 9.18 Å². The standard InChI is InChI=1S/C23H23FN4O2/c1-15(7-8-16-5-3-2-4-6-16)26-20(29)11-12-28-14-25-21-18-13-17(24)9-10-19(18)27-22(21)23(28)30/h2-6,9-10,13-15,27H,7-8,11-12H2,1H3,(H,26,29). The first-order valence-electron chi connectivity index (χ1n) is 10.0. The van der Waals surface area contributed by atoms with Gasteiger partial charge in [-0.1, -0.05) is 30.3 Å². The number of aryl methyl sites for hydroxylation is 2. The Balaban J connectivity index is 1.38. The maximum Gasteiger partial charge on any atom is 0.277 e. The van der Waals surface area contributed by atoms with Crippen LogP contribution < -0.4 is 10.9 Å². The minimum Gasteiger partial charge on any atom is -0.354 e. The number of H-pyrrole nitrogens is 1. The molecule has 0 radical (unpaired) electrons. The van der Waals surface area contributed by atoms with E-state index >= 15 is 0 Å². The van der Waals surface area contributed by atoms with Crippen LogP contribution in [0.15, 0.2) is 59.7 Å². The van der Waals surface area contributed by atoms with Gasteiger partial charge in [-0.2, -0.15) is 0 Å². The van der Waals surface area contributed by atoms with Gasteiger partial charge in [0.1, 0.15) is 16.9 Å². The maximum atomic E-state index is 13.5. The molecule has 0 aliphatic rings. The number of fused-ring (bicyclic) bond motifs is 3. The third-order valence-corrected chi connectivity index (χ3v) is 5.23. The van der Waals surface area contributed by atoms with Crippen LogP contribution in [0.1, 0.15) is 25.3 Å². The summed E-state index contributed by atoms with van der Waals surface area (Å²) >= 11 is 0. The summed E-state index contributed by atoms with van der Waals surface area (Å²) < 4.78 is 14.9. The van der Waals surface area contributed by atoms with E-state index in [2.05, 4.69) is 27.4 Å². The molecular formula is C23H23FN4O2. The van der Waals surface area contributed by atoms with Crippen LogP contribution in [0, 0.1) is 5.82 Å². The molecule has 0 bridgehead atoms. The van der Waals surface area contributed by atoms with Crippen molar-refractivity contribution in [1.82, 2.24) is 19.9 Å². The lowest BCUT2D eigenvalue weighted by molar-refractivity contribution is -0.121. The second-order valence-corrected chi connectivity index (χ2v) is 7.52. The Morgan fingerprint density at radius 2 is 2.03 bits per heavy atom. The summed E-state index contributed by atoms with van der Waals surface area (Å²) in [5, 5.41) is 3.55. The highest BCUT2D eigenvalue weighted by molar-refractivity contribution is 6.04. The minimum atomic E-state index is -0.382. The predicted molar refractivity (Wildman–Crippen MR) is 115 cm³/mol. The van der Waals surface area contributed by atoms with Crippen molar-refractivity contribution in [2.24, 2.45) is 0 Å². The van der Waals surface area contributed by atoms with Gasteiger partial charge in [0.05, 0.1) is 6.33 Å². The fraction of sp³-hybridized carbons (Fsp3) is 0.261. The van der Waals surface area contributed by atoms with E-state index in [1.807, 2.05) is 25.1 Å². The molecule has 0 saturated heterocycles. The molecule has 1 amide bonds. The zero-order valence-electron chi connectivity index (χ0n) is 16.7. The quantitative estimate of drug-likeness (QED) is 0.493. The molecule has 0 saturated carbocycles. The average Bonchev–Trinajstić information content (AvgIpc) is 3.11. The van der Waals surface area contributed by atoms with E-state index in [0.29, 0.717) is 21.9 Å². The molecule has 2 N–H and O–H groups in total. The van der Waals surface area contributed by atoms with Crippen LogP contribution >= 0.6 is 0 Å². The van der Waals surface area contributed by atoms with Gasteiger partial charge in [-0.25, -0.2) is 9.37 Å². The summed E-state index contributed by atoms with van der Waals surface area (Å²) in [6, 6.07) is 14.4. The molecule has 4 rings (SSSR count). The lowest BCUT2D eigenvalue weighted by Crippen LogP contribution is -2.34. The highest BCUT2D eigenvalue weighted by Crippen LogP contribution is 2.22. The number of nitrogens with zero attached hydrogens (tertiary/aromatic N) is 2. The van der Waals surface area contributed by atoms with Gasteiger partial charge in [0.25, 0.3) is 5.56 Å². The fourth-order valence-corrected chi connectivity index (χ4v) is 3.59. The number of carbonyl (C=O) groups excluding carboxylic acids is 1. The molecule has 6 nitrogen and oxygen atoms in total. The molecule has 0 aliphatic heterocycles. The Labute approximate surface area is 172 Å². The molecule has 2 aromatic heterocycles. The number of hydrogen-bond acceptors (Lipinski definition) is 3. The van der Waals surface area contributed by atoms with Gasteiger partial charge < -0.3 is 10.3 Å². The highest BCUT2D eigenvalue weighted by Gasteiger charge is 2.13. The largest absolute Gasteiger partial charge is 0.354 e. The molecule has 1 unspecified atom stereocenters. The number of carbonyl (C=O) groups is 1. The predicted octanol–water partition coefficient (Wildman–Crippen LogP) is 3.54. The van der Waals surface area contributed by atoms with Crippen molar-refractivity contribution in [3.8, 4) is 0 Å². The van der Waals surface area contributed by atoms with Gasteiger partial charge in [0.2, 0.25) is 5.91 Å². The Morgan fingerprint density at radius 1 is 1.23 bits per heavy atom. The molecule has 154 valence electrons. The molecule has 2 aromatic carbocycles. The molecule has 0 aliphatic carbocycles. The van der Waals surface area contributed by atoms with E-state index in [-0.39, 0.29) is 36.3 Å². The Kier molecular flexibility index (Phi) is 5.61. The third kappa shape index (κ3) is 4.25. The SMILES string of the molecule is CC(CCc1ccccc1)NC(=O)CCn1cnc2c([nH]c3ccc(F)cc32)c1=O. The highest BCUT2D eigenvalue weighted by atomic mass is 19.1. The van der Waals surface area contributed by atoms with Crippen LogP contribution in [0.5, 0.6) is 0 Å². The van der Waals surface area contributed by atoms with Crippen LogP contribution in [0.4, 0.5) is 4.39 Å². The van der Waals surface area contributed by atoms with E-state index in [0.717, 1.165) is 12.8 Å². The van der Waals surface area contributed by atoms with Gasteiger partial charge in [-0.05, 0) is 43.5 Å². The van der Waals surface area contributed by atoms with Crippen LogP contribution in [-0.4, -0.2) is 26.5 Å². The summed E-state index contributed by atoms with van der Waals surface area (Å²) in [7, 11) is 0. The minimum absolute atomic E-state index is 0.0404. The van der Waals surface area contributed by atoms with Crippen LogP contribution in [0.3, 0.4) is 0 Å². The molecule has 30 heavy (non-hydrogen) atoms. The van der Waals surface area contributed by atoms with E-state index < -0.39 is 0 Å². The monoisotopic (exact) mass is 406 g/mol. The van der Waals surface area contributed by atoms with E-state index in [4.69, 9.17) is 0 Å². The first-order chi connectivity index (χ1) is 14.5. The van der Waals surface area contributed by atoms with E-state index in [1.54, 1.807) is 6.07 Å². The summed E-state index contributed by atoms with van der Waals surface area (Å²) in [6.07, 6.45) is 3.32. The van der Waals surface area contributed by atoms with E-state index in [9.17, 15) is 14.0 Å². The van der Waals surface area contributed by atoms with Crippen LogP contribution in [-0.2, 0) is 17.8 Å². The van der Waals surface area contributed by atoms with Crippen molar-refractivity contribution in [3.05, 3.63) is 76.6 Å². The Bertz CT molecular complexity index is 1250. The Morgan fingerprint density at radius 3 is 2.83 bits per heavy atom. The van der Waals surface area contributed by atoms with Gasteiger partial charge in [-0.15, -0.1) is 0 Å². The van der Waals surface area contributed by atoms with Crippen molar-refractivity contribution in [3.63, 3.8) is 0 Å². The molecule has 7 heteroatoms. The number of benzene rings is 2. The first kappa shape index (κ1) is 19.8. The number of aromatic nitrogens is 3. The van der Waals surface area contributed by atoms with Gasteiger partial charge in [0.15, 0.2) is 0 Å². The van der Waals surface area contributed by atoms with E-state index in [1.165, 1.54) is 28.6 Å². The normalized spacial score (nSPS) is 12.3. The fourth-order valence-electron chi connectivity index (χ4n) is 3.59. The van der Waals surface area contributed by atoms with Crippen molar-refractivity contribution in [1.29, 1.82) is 0 Å². The summed E-state index contributed by atoms with van der Waals surface area (Å²) in [5.74, 6) is -0.492. The first-order valence-corrected chi connectivity index (χ1v) is 10.0. The topological polar surface area (TPSA) is 79.8 Å². The molecule has 0 fully saturated rings. The van der Waals surface area contributed by atoms with Gasteiger partial charge in [0, 0.05) is 29.9 Å². The second-order valence-electron chi connectivity index (χ2n) is 7.52. The molecular weight excluding hydrogens is 383 g/mol. The molecule has 2 heterocycles. The number of amides is 1. The lowest BCUT2D eigenvalue weighted by atomic mass is 10.1.